The van der Waals surface area contributed by atoms with Crippen molar-refractivity contribution >= 4 is 33.2 Å². The Labute approximate surface area is 131 Å². The summed E-state index contributed by atoms with van der Waals surface area (Å²) in [4.78, 5) is 0. The fourth-order valence-corrected chi connectivity index (χ4v) is 2.42. The molecule has 0 saturated heterocycles. The third kappa shape index (κ3) is 4.32. The van der Waals surface area contributed by atoms with E-state index in [0.29, 0.717) is 29.7 Å². The zero-order valence-corrected chi connectivity index (χ0v) is 13.2. The summed E-state index contributed by atoms with van der Waals surface area (Å²) in [6.45, 7) is 1.12. The molecule has 0 aliphatic heterocycles. The molecule has 2 N–H and O–H groups in total. The van der Waals surface area contributed by atoms with Crippen molar-refractivity contribution in [3.05, 3.63) is 52.0 Å². The normalized spacial score (nSPS) is 10.3. The van der Waals surface area contributed by atoms with Crippen LogP contribution in [0.2, 0.25) is 5.02 Å². The zero-order valence-electron chi connectivity index (χ0n) is 10.8. The summed E-state index contributed by atoms with van der Waals surface area (Å²) in [5.41, 5.74) is 6.43. The molecule has 2 aromatic carbocycles. The van der Waals surface area contributed by atoms with Gasteiger partial charge in [0.1, 0.15) is 11.5 Å². The van der Waals surface area contributed by atoms with Crippen LogP contribution in [0.5, 0.6) is 11.5 Å². The number of hydrogen-bond acceptors (Lipinski definition) is 3. The molecule has 0 amide bonds. The molecule has 2 aromatic rings. The van der Waals surface area contributed by atoms with Gasteiger partial charge in [0, 0.05) is 11.4 Å². The second-order valence-electron chi connectivity index (χ2n) is 4.16. The van der Waals surface area contributed by atoms with Crippen molar-refractivity contribution in [2.24, 2.45) is 0 Å². The number of hydrogen-bond donors (Lipinski definition) is 1. The summed E-state index contributed by atoms with van der Waals surface area (Å²) in [5, 5.41) is 0.673. The highest BCUT2D eigenvalue weighted by molar-refractivity contribution is 9.10. The Morgan fingerprint density at radius 3 is 2.40 bits per heavy atom. The Bertz CT molecular complexity index is 578. The number of nitrogen functional groups attached to an aromatic ring is 1. The number of anilines is 1. The van der Waals surface area contributed by atoms with Crippen LogP contribution >= 0.6 is 27.5 Å². The third-order valence-electron chi connectivity index (χ3n) is 2.62. The van der Waals surface area contributed by atoms with Crippen LogP contribution in [0.1, 0.15) is 6.42 Å². The van der Waals surface area contributed by atoms with Crippen molar-refractivity contribution in [2.45, 2.75) is 6.42 Å². The summed E-state index contributed by atoms with van der Waals surface area (Å²) < 4.78 is 12.1. The minimum Gasteiger partial charge on any atom is -0.492 e. The molecule has 0 fully saturated rings. The van der Waals surface area contributed by atoms with Gasteiger partial charge in [-0.15, -0.1) is 0 Å². The Balaban J connectivity index is 1.73. The SMILES string of the molecule is Nc1ccccc1OCCCOc1ccc(Cl)cc1Br. The van der Waals surface area contributed by atoms with Gasteiger partial charge in [-0.1, -0.05) is 23.7 Å². The molecule has 0 heterocycles. The van der Waals surface area contributed by atoms with Gasteiger partial charge in [0.05, 0.1) is 23.4 Å². The van der Waals surface area contributed by atoms with E-state index in [-0.39, 0.29) is 0 Å². The third-order valence-corrected chi connectivity index (χ3v) is 3.47. The lowest BCUT2D eigenvalue weighted by atomic mass is 10.3. The molecule has 5 heteroatoms. The molecule has 0 aliphatic rings. The van der Waals surface area contributed by atoms with Crippen molar-refractivity contribution in [3.8, 4) is 11.5 Å². The molecular formula is C15H15BrClNO2. The predicted octanol–water partition coefficient (Wildman–Crippen LogP) is 4.53. The number of para-hydroxylation sites is 2. The van der Waals surface area contributed by atoms with Crippen LogP contribution in [-0.4, -0.2) is 13.2 Å². The van der Waals surface area contributed by atoms with Crippen LogP contribution in [0.3, 0.4) is 0 Å². The van der Waals surface area contributed by atoms with Gasteiger partial charge in [0.2, 0.25) is 0 Å². The van der Waals surface area contributed by atoms with Crippen molar-refractivity contribution in [2.75, 3.05) is 18.9 Å². The van der Waals surface area contributed by atoms with E-state index in [1.807, 2.05) is 30.3 Å². The van der Waals surface area contributed by atoms with Gasteiger partial charge in [-0.05, 0) is 46.3 Å². The Morgan fingerprint density at radius 2 is 1.70 bits per heavy atom. The van der Waals surface area contributed by atoms with E-state index in [9.17, 15) is 0 Å². The molecule has 0 aromatic heterocycles. The van der Waals surface area contributed by atoms with E-state index in [1.165, 1.54) is 0 Å². The van der Waals surface area contributed by atoms with Crippen molar-refractivity contribution in [1.82, 2.24) is 0 Å². The molecule has 0 saturated carbocycles. The van der Waals surface area contributed by atoms with Gasteiger partial charge in [-0.25, -0.2) is 0 Å². The Hall–Kier alpha value is -1.39. The van der Waals surface area contributed by atoms with E-state index in [4.69, 9.17) is 26.8 Å². The maximum Gasteiger partial charge on any atom is 0.142 e. The van der Waals surface area contributed by atoms with E-state index < -0.39 is 0 Å². The molecule has 20 heavy (non-hydrogen) atoms. The van der Waals surface area contributed by atoms with Gasteiger partial charge in [0.15, 0.2) is 0 Å². The topological polar surface area (TPSA) is 44.5 Å². The summed E-state index contributed by atoms with van der Waals surface area (Å²) in [7, 11) is 0. The summed E-state index contributed by atoms with van der Waals surface area (Å²) in [6, 6.07) is 12.9. The van der Waals surface area contributed by atoms with Crippen LogP contribution < -0.4 is 15.2 Å². The lowest BCUT2D eigenvalue weighted by molar-refractivity contribution is 0.247. The first kappa shape index (κ1) is 15.0. The number of halogens is 2. The average molecular weight is 357 g/mol. The van der Waals surface area contributed by atoms with Crippen LogP contribution in [0.15, 0.2) is 46.9 Å². The zero-order chi connectivity index (χ0) is 14.4. The number of ether oxygens (including phenoxy) is 2. The minimum atomic E-state index is 0.555. The van der Waals surface area contributed by atoms with Crippen molar-refractivity contribution in [3.63, 3.8) is 0 Å². The van der Waals surface area contributed by atoms with Crippen molar-refractivity contribution < 1.29 is 9.47 Å². The molecule has 0 bridgehead atoms. The monoisotopic (exact) mass is 355 g/mol. The fraction of sp³-hybridized carbons (Fsp3) is 0.200. The van der Waals surface area contributed by atoms with E-state index in [0.717, 1.165) is 16.6 Å². The Kier molecular flexibility index (Phi) is 5.56. The lowest BCUT2D eigenvalue weighted by Crippen LogP contribution is -2.06. The van der Waals surface area contributed by atoms with Crippen LogP contribution in [0.4, 0.5) is 5.69 Å². The van der Waals surface area contributed by atoms with Gasteiger partial charge in [0.25, 0.3) is 0 Å². The molecular weight excluding hydrogens is 342 g/mol. The number of rotatable bonds is 6. The van der Waals surface area contributed by atoms with E-state index in [1.54, 1.807) is 12.1 Å². The van der Waals surface area contributed by atoms with Gasteiger partial charge >= 0.3 is 0 Å². The molecule has 0 aliphatic carbocycles. The second-order valence-corrected chi connectivity index (χ2v) is 5.45. The molecule has 0 atom stereocenters. The van der Waals surface area contributed by atoms with Crippen LogP contribution in [0.25, 0.3) is 0 Å². The molecule has 2 rings (SSSR count). The van der Waals surface area contributed by atoms with E-state index in [2.05, 4.69) is 15.9 Å². The average Bonchev–Trinajstić information content (AvgIpc) is 2.42. The lowest BCUT2D eigenvalue weighted by Gasteiger charge is -2.10. The standard InChI is InChI=1S/C15H15BrClNO2/c16-12-10-11(17)6-7-14(12)19-8-3-9-20-15-5-2-1-4-13(15)18/h1-2,4-7,10H,3,8-9,18H2. The molecule has 0 spiro atoms. The summed E-state index contributed by atoms with van der Waals surface area (Å²) in [6.07, 6.45) is 0.767. The summed E-state index contributed by atoms with van der Waals surface area (Å²) >= 11 is 9.27. The minimum absolute atomic E-state index is 0.555. The largest absolute Gasteiger partial charge is 0.492 e. The quantitative estimate of drug-likeness (QED) is 0.611. The maximum absolute atomic E-state index is 5.87. The Morgan fingerprint density at radius 1 is 1.00 bits per heavy atom. The molecule has 0 radical (unpaired) electrons. The van der Waals surface area contributed by atoms with Gasteiger partial charge in [-0.3, -0.25) is 0 Å². The smallest absolute Gasteiger partial charge is 0.142 e. The van der Waals surface area contributed by atoms with Crippen LogP contribution in [0, 0.1) is 0 Å². The second kappa shape index (κ2) is 7.41. The highest BCUT2D eigenvalue weighted by Crippen LogP contribution is 2.28. The highest BCUT2D eigenvalue weighted by Gasteiger charge is 2.02. The summed E-state index contributed by atoms with van der Waals surface area (Å²) in [5.74, 6) is 1.48. The van der Waals surface area contributed by atoms with Gasteiger partial charge < -0.3 is 15.2 Å². The van der Waals surface area contributed by atoms with Crippen molar-refractivity contribution in [1.29, 1.82) is 0 Å². The number of benzene rings is 2. The molecule has 0 unspecified atom stereocenters. The van der Waals surface area contributed by atoms with E-state index >= 15 is 0 Å². The van der Waals surface area contributed by atoms with Crippen LogP contribution in [-0.2, 0) is 0 Å². The molecule has 106 valence electrons. The highest BCUT2D eigenvalue weighted by atomic mass is 79.9. The first-order valence-electron chi connectivity index (χ1n) is 6.22. The first-order valence-corrected chi connectivity index (χ1v) is 7.39. The predicted molar refractivity (Wildman–Crippen MR) is 85.6 cm³/mol. The first-order chi connectivity index (χ1) is 9.66. The molecule has 3 nitrogen and oxygen atoms in total. The van der Waals surface area contributed by atoms with Gasteiger partial charge in [-0.2, -0.15) is 0 Å². The maximum atomic E-state index is 5.87. The number of nitrogens with two attached hydrogens (primary N) is 1. The fourth-order valence-electron chi connectivity index (χ4n) is 1.63.